The third-order valence-electron chi connectivity index (χ3n) is 2.80. The number of benzene rings is 1. The van der Waals surface area contributed by atoms with Gasteiger partial charge in [0, 0.05) is 6.04 Å². The van der Waals surface area contributed by atoms with E-state index in [-0.39, 0.29) is 18.6 Å². The second-order valence-electron chi connectivity index (χ2n) is 4.35. The Hall–Kier alpha value is -1.55. The average Bonchev–Trinajstić information content (AvgIpc) is 2.37. The van der Waals surface area contributed by atoms with Crippen molar-refractivity contribution in [3.8, 4) is 5.75 Å². The largest absolute Gasteiger partial charge is 0.482 e. The van der Waals surface area contributed by atoms with Gasteiger partial charge in [-0.25, -0.2) is 4.79 Å². The van der Waals surface area contributed by atoms with E-state index in [1.807, 2.05) is 25.1 Å². The highest BCUT2D eigenvalue weighted by Gasteiger charge is 2.10. The molecule has 18 heavy (non-hydrogen) atoms. The van der Waals surface area contributed by atoms with Crippen LogP contribution in [0.2, 0.25) is 0 Å². The van der Waals surface area contributed by atoms with E-state index in [1.165, 1.54) is 7.11 Å². The SMILES string of the molecule is CCC(N)Cc1cc(C)ccc1OCC(=O)OC. The fourth-order valence-electron chi connectivity index (χ4n) is 1.63. The quantitative estimate of drug-likeness (QED) is 0.783. The van der Waals surface area contributed by atoms with Gasteiger partial charge in [-0.1, -0.05) is 24.6 Å². The first-order valence-corrected chi connectivity index (χ1v) is 6.11. The van der Waals surface area contributed by atoms with Crippen molar-refractivity contribution in [1.82, 2.24) is 0 Å². The monoisotopic (exact) mass is 251 g/mol. The Balaban J connectivity index is 2.79. The second-order valence-corrected chi connectivity index (χ2v) is 4.35. The van der Waals surface area contributed by atoms with Gasteiger partial charge in [0.2, 0.25) is 0 Å². The number of carbonyl (C=O) groups is 1. The molecular weight excluding hydrogens is 230 g/mol. The zero-order chi connectivity index (χ0) is 13.5. The molecule has 1 atom stereocenters. The first-order valence-electron chi connectivity index (χ1n) is 6.11. The first kappa shape index (κ1) is 14.5. The predicted octanol–water partition coefficient (Wildman–Crippen LogP) is 1.83. The van der Waals surface area contributed by atoms with Crippen LogP contribution in [-0.4, -0.2) is 25.7 Å². The molecule has 0 aliphatic heterocycles. The predicted molar refractivity (Wildman–Crippen MR) is 70.7 cm³/mol. The van der Waals surface area contributed by atoms with Crippen LogP contribution in [0.4, 0.5) is 0 Å². The number of hydrogen-bond donors (Lipinski definition) is 1. The van der Waals surface area contributed by atoms with Gasteiger partial charge in [-0.3, -0.25) is 0 Å². The number of hydrogen-bond acceptors (Lipinski definition) is 4. The van der Waals surface area contributed by atoms with E-state index in [4.69, 9.17) is 10.5 Å². The fraction of sp³-hybridized carbons (Fsp3) is 0.500. The van der Waals surface area contributed by atoms with E-state index in [0.717, 1.165) is 24.0 Å². The molecule has 1 rings (SSSR count). The number of carbonyl (C=O) groups excluding carboxylic acids is 1. The Bertz CT molecular complexity index is 404. The molecule has 0 saturated carbocycles. The van der Waals surface area contributed by atoms with Gasteiger partial charge < -0.3 is 15.2 Å². The number of rotatable bonds is 6. The van der Waals surface area contributed by atoms with E-state index in [2.05, 4.69) is 11.7 Å². The first-order chi connectivity index (χ1) is 8.56. The third kappa shape index (κ3) is 4.37. The Morgan fingerprint density at radius 3 is 2.78 bits per heavy atom. The zero-order valence-corrected chi connectivity index (χ0v) is 11.2. The van der Waals surface area contributed by atoms with Gasteiger partial charge in [0.1, 0.15) is 5.75 Å². The summed E-state index contributed by atoms with van der Waals surface area (Å²) in [5.74, 6) is 0.316. The van der Waals surface area contributed by atoms with Crippen LogP contribution in [0.15, 0.2) is 18.2 Å². The van der Waals surface area contributed by atoms with Crippen LogP contribution >= 0.6 is 0 Å². The van der Waals surface area contributed by atoms with Crippen molar-refractivity contribution in [2.45, 2.75) is 32.7 Å². The molecule has 1 aromatic carbocycles. The minimum atomic E-state index is -0.388. The van der Waals surface area contributed by atoms with Crippen molar-refractivity contribution in [2.75, 3.05) is 13.7 Å². The molecule has 100 valence electrons. The Morgan fingerprint density at radius 2 is 2.17 bits per heavy atom. The maximum absolute atomic E-state index is 11.1. The van der Waals surface area contributed by atoms with Crippen LogP contribution in [0, 0.1) is 6.92 Å². The third-order valence-corrected chi connectivity index (χ3v) is 2.80. The molecule has 0 aliphatic rings. The average molecular weight is 251 g/mol. The van der Waals surface area contributed by atoms with E-state index < -0.39 is 0 Å². The van der Waals surface area contributed by atoms with Crippen molar-refractivity contribution >= 4 is 5.97 Å². The van der Waals surface area contributed by atoms with Crippen molar-refractivity contribution in [3.63, 3.8) is 0 Å². The van der Waals surface area contributed by atoms with E-state index in [9.17, 15) is 4.79 Å². The Morgan fingerprint density at radius 1 is 1.44 bits per heavy atom. The molecule has 4 nitrogen and oxygen atoms in total. The highest BCUT2D eigenvalue weighted by molar-refractivity contribution is 5.70. The standard InChI is InChI=1S/C14H21NO3/c1-4-12(15)8-11-7-10(2)5-6-13(11)18-9-14(16)17-3/h5-7,12H,4,8-9,15H2,1-3H3. The highest BCUT2D eigenvalue weighted by Crippen LogP contribution is 2.22. The summed E-state index contributed by atoms with van der Waals surface area (Å²) in [4.78, 5) is 11.1. The van der Waals surface area contributed by atoms with E-state index >= 15 is 0 Å². The van der Waals surface area contributed by atoms with E-state index in [1.54, 1.807) is 0 Å². The summed E-state index contributed by atoms with van der Waals surface area (Å²) in [5.41, 5.74) is 8.15. The van der Waals surface area contributed by atoms with Gasteiger partial charge in [0.05, 0.1) is 7.11 Å². The number of esters is 1. The summed E-state index contributed by atoms with van der Waals surface area (Å²) in [6.45, 7) is 3.99. The lowest BCUT2D eigenvalue weighted by Crippen LogP contribution is -2.22. The zero-order valence-electron chi connectivity index (χ0n) is 11.2. The summed E-state index contributed by atoms with van der Waals surface area (Å²) in [6, 6.07) is 5.97. The topological polar surface area (TPSA) is 61.5 Å². The van der Waals surface area contributed by atoms with Crippen molar-refractivity contribution in [3.05, 3.63) is 29.3 Å². The lowest BCUT2D eigenvalue weighted by Gasteiger charge is -2.14. The maximum Gasteiger partial charge on any atom is 0.343 e. The lowest BCUT2D eigenvalue weighted by molar-refractivity contribution is -0.142. The summed E-state index contributed by atoms with van der Waals surface area (Å²) >= 11 is 0. The van der Waals surface area contributed by atoms with E-state index in [0.29, 0.717) is 5.75 Å². The number of ether oxygens (including phenoxy) is 2. The van der Waals surface area contributed by atoms with Crippen molar-refractivity contribution in [1.29, 1.82) is 0 Å². The molecule has 0 amide bonds. The molecule has 0 aromatic heterocycles. The molecule has 2 N–H and O–H groups in total. The van der Waals surface area contributed by atoms with Crippen molar-refractivity contribution < 1.29 is 14.3 Å². The molecule has 0 radical (unpaired) electrons. The molecule has 0 aliphatic carbocycles. The van der Waals surface area contributed by atoms with Gasteiger partial charge in [0.15, 0.2) is 6.61 Å². The molecule has 1 unspecified atom stereocenters. The summed E-state index contributed by atoms with van der Waals surface area (Å²) in [5, 5.41) is 0. The second kappa shape index (κ2) is 7.01. The normalized spacial score (nSPS) is 12.0. The Kier molecular flexibility index (Phi) is 5.65. The molecule has 0 saturated heterocycles. The van der Waals surface area contributed by atoms with Gasteiger partial charge in [-0.15, -0.1) is 0 Å². The smallest absolute Gasteiger partial charge is 0.343 e. The lowest BCUT2D eigenvalue weighted by atomic mass is 10.0. The van der Waals surface area contributed by atoms with Crippen LogP contribution < -0.4 is 10.5 Å². The summed E-state index contributed by atoms with van der Waals surface area (Å²) < 4.78 is 10.0. The van der Waals surface area contributed by atoms with Crippen LogP contribution in [0.3, 0.4) is 0 Å². The molecule has 0 heterocycles. The van der Waals surface area contributed by atoms with Gasteiger partial charge in [0.25, 0.3) is 0 Å². The number of aryl methyl sites for hydroxylation is 1. The molecule has 0 fully saturated rings. The van der Waals surface area contributed by atoms with Crippen LogP contribution in [0.25, 0.3) is 0 Å². The molecule has 4 heteroatoms. The molecule has 0 spiro atoms. The minimum absolute atomic E-state index is 0.0755. The minimum Gasteiger partial charge on any atom is -0.482 e. The van der Waals surface area contributed by atoms with Gasteiger partial charge in [-0.2, -0.15) is 0 Å². The maximum atomic E-state index is 11.1. The molecular formula is C14H21NO3. The van der Waals surface area contributed by atoms with Gasteiger partial charge >= 0.3 is 5.97 Å². The fourth-order valence-corrected chi connectivity index (χ4v) is 1.63. The number of nitrogens with two attached hydrogens (primary N) is 1. The summed E-state index contributed by atoms with van der Waals surface area (Å²) in [6.07, 6.45) is 1.65. The summed E-state index contributed by atoms with van der Waals surface area (Å²) in [7, 11) is 1.34. The Labute approximate surface area is 108 Å². The van der Waals surface area contributed by atoms with Crippen LogP contribution in [-0.2, 0) is 16.0 Å². The van der Waals surface area contributed by atoms with Crippen LogP contribution in [0.5, 0.6) is 5.75 Å². The molecule has 0 bridgehead atoms. The van der Waals surface area contributed by atoms with Crippen molar-refractivity contribution in [2.24, 2.45) is 5.73 Å². The number of methoxy groups -OCH3 is 1. The van der Waals surface area contributed by atoms with Crippen LogP contribution in [0.1, 0.15) is 24.5 Å². The molecule has 1 aromatic rings. The van der Waals surface area contributed by atoms with Gasteiger partial charge in [-0.05, 0) is 31.4 Å². The highest BCUT2D eigenvalue weighted by atomic mass is 16.6.